The third-order valence-electron chi connectivity index (χ3n) is 2.71. The number of thiazole rings is 1. The van der Waals surface area contributed by atoms with Crippen LogP contribution in [0.5, 0.6) is 0 Å². The van der Waals surface area contributed by atoms with Crippen LogP contribution in [0.3, 0.4) is 0 Å². The Morgan fingerprint density at radius 3 is 3.06 bits per heavy atom. The molecule has 2 heterocycles. The Balaban J connectivity index is 2.13. The second kappa shape index (κ2) is 5.15. The van der Waals surface area contributed by atoms with Crippen LogP contribution in [-0.2, 0) is 6.54 Å². The first-order chi connectivity index (χ1) is 8.20. The highest BCUT2D eigenvalue weighted by Gasteiger charge is 2.21. The van der Waals surface area contributed by atoms with E-state index >= 15 is 0 Å². The highest BCUT2D eigenvalue weighted by molar-refractivity contribution is 7.11. The molecule has 0 spiro atoms. The van der Waals surface area contributed by atoms with E-state index in [1.165, 1.54) is 4.88 Å². The molecule has 1 aliphatic rings. The van der Waals surface area contributed by atoms with E-state index in [2.05, 4.69) is 14.9 Å². The highest BCUT2D eigenvalue weighted by atomic mass is 32.1. The SMILES string of the molecule is Cc1ncc(CN2CCCN(C)C2=NC#N)s1. The molecule has 0 radical (unpaired) electrons. The molecule has 1 aromatic heterocycles. The van der Waals surface area contributed by atoms with Crippen molar-refractivity contribution >= 4 is 17.3 Å². The number of rotatable bonds is 2. The summed E-state index contributed by atoms with van der Waals surface area (Å²) < 4.78 is 0. The number of hydrogen-bond acceptors (Lipinski definition) is 4. The summed E-state index contributed by atoms with van der Waals surface area (Å²) in [5.41, 5.74) is 0. The smallest absolute Gasteiger partial charge is 0.212 e. The maximum atomic E-state index is 8.72. The van der Waals surface area contributed by atoms with Gasteiger partial charge in [-0.2, -0.15) is 5.26 Å². The van der Waals surface area contributed by atoms with Crippen LogP contribution in [0.4, 0.5) is 0 Å². The van der Waals surface area contributed by atoms with Gasteiger partial charge in [0.15, 0.2) is 0 Å². The molecule has 0 N–H and O–H groups in total. The molecule has 1 saturated heterocycles. The van der Waals surface area contributed by atoms with Crippen LogP contribution in [0, 0.1) is 18.4 Å². The van der Waals surface area contributed by atoms with Crippen molar-refractivity contribution in [2.75, 3.05) is 20.1 Å². The lowest BCUT2D eigenvalue weighted by Gasteiger charge is -2.35. The zero-order chi connectivity index (χ0) is 12.3. The lowest BCUT2D eigenvalue weighted by atomic mass is 10.3. The number of hydrogen-bond donors (Lipinski definition) is 0. The molecule has 6 heteroatoms. The Hall–Kier alpha value is -1.61. The fourth-order valence-corrected chi connectivity index (χ4v) is 2.77. The summed E-state index contributed by atoms with van der Waals surface area (Å²) in [5.74, 6) is 0.768. The van der Waals surface area contributed by atoms with Crippen LogP contribution in [0.1, 0.15) is 16.3 Å². The molecule has 0 atom stereocenters. The van der Waals surface area contributed by atoms with Crippen molar-refractivity contribution in [2.45, 2.75) is 19.9 Å². The second-order valence-corrected chi connectivity index (χ2v) is 5.37. The van der Waals surface area contributed by atoms with Crippen LogP contribution in [0.2, 0.25) is 0 Å². The minimum absolute atomic E-state index is 0.768. The molecule has 0 bridgehead atoms. The molecule has 0 aromatic carbocycles. The molecule has 1 fully saturated rings. The van der Waals surface area contributed by atoms with Gasteiger partial charge in [0.05, 0.1) is 11.6 Å². The standard InChI is InChI=1S/C11H15N5S/c1-9-13-6-10(17-9)7-16-5-3-4-15(2)11(16)14-8-12/h6H,3-5,7H2,1-2H3. The van der Waals surface area contributed by atoms with Crippen LogP contribution in [-0.4, -0.2) is 40.9 Å². The topological polar surface area (TPSA) is 55.5 Å². The van der Waals surface area contributed by atoms with Crippen molar-refractivity contribution in [2.24, 2.45) is 4.99 Å². The molecule has 1 aromatic rings. The molecule has 0 aliphatic carbocycles. The largest absolute Gasteiger partial charge is 0.345 e. The van der Waals surface area contributed by atoms with Gasteiger partial charge < -0.3 is 9.80 Å². The maximum Gasteiger partial charge on any atom is 0.212 e. The van der Waals surface area contributed by atoms with E-state index in [0.717, 1.165) is 37.0 Å². The minimum Gasteiger partial charge on any atom is -0.345 e. The third kappa shape index (κ3) is 2.74. The van der Waals surface area contributed by atoms with Crippen molar-refractivity contribution in [3.05, 3.63) is 16.1 Å². The molecule has 0 unspecified atom stereocenters. The Labute approximate surface area is 105 Å². The normalized spacial score (nSPS) is 18.5. The first-order valence-electron chi connectivity index (χ1n) is 5.55. The number of aryl methyl sites for hydroxylation is 1. The van der Waals surface area contributed by atoms with Gasteiger partial charge in [-0.1, -0.05) is 0 Å². The van der Waals surface area contributed by atoms with E-state index in [1.54, 1.807) is 11.3 Å². The average molecular weight is 249 g/mol. The van der Waals surface area contributed by atoms with Gasteiger partial charge in [0.2, 0.25) is 12.2 Å². The van der Waals surface area contributed by atoms with Crippen molar-refractivity contribution in [1.29, 1.82) is 5.26 Å². The Kier molecular flexibility index (Phi) is 3.59. The van der Waals surface area contributed by atoms with Crippen LogP contribution < -0.4 is 0 Å². The Bertz CT molecular complexity index is 459. The molecule has 1 aliphatic heterocycles. The number of guanidine groups is 1. The van der Waals surface area contributed by atoms with Gasteiger partial charge in [-0.15, -0.1) is 16.3 Å². The summed E-state index contributed by atoms with van der Waals surface area (Å²) in [4.78, 5) is 13.5. The number of aliphatic imine (C=N–C) groups is 1. The van der Waals surface area contributed by atoms with Crippen molar-refractivity contribution in [3.8, 4) is 6.19 Å². The fraction of sp³-hybridized carbons (Fsp3) is 0.545. The molecule has 90 valence electrons. The first-order valence-corrected chi connectivity index (χ1v) is 6.36. The molecular formula is C11H15N5S. The first kappa shape index (κ1) is 11.9. The minimum atomic E-state index is 0.768. The van der Waals surface area contributed by atoms with Crippen LogP contribution in [0.25, 0.3) is 0 Å². The number of nitriles is 1. The Morgan fingerprint density at radius 1 is 1.59 bits per heavy atom. The average Bonchev–Trinajstić information content (AvgIpc) is 2.69. The second-order valence-electron chi connectivity index (χ2n) is 4.05. The fourth-order valence-electron chi connectivity index (χ4n) is 1.96. The van der Waals surface area contributed by atoms with Gasteiger partial charge in [-0.05, 0) is 13.3 Å². The quantitative estimate of drug-likeness (QED) is 0.744. The van der Waals surface area contributed by atoms with E-state index in [4.69, 9.17) is 5.26 Å². The van der Waals surface area contributed by atoms with E-state index in [9.17, 15) is 0 Å². The van der Waals surface area contributed by atoms with Gasteiger partial charge in [0.1, 0.15) is 0 Å². The summed E-state index contributed by atoms with van der Waals surface area (Å²) in [6, 6.07) is 0. The predicted molar refractivity (Wildman–Crippen MR) is 67.6 cm³/mol. The van der Waals surface area contributed by atoms with Crippen molar-refractivity contribution in [1.82, 2.24) is 14.8 Å². The van der Waals surface area contributed by atoms with Gasteiger partial charge >= 0.3 is 0 Å². The monoisotopic (exact) mass is 249 g/mol. The zero-order valence-corrected chi connectivity index (χ0v) is 10.9. The van der Waals surface area contributed by atoms with E-state index in [-0.39, 0.29) is 0 Å². The summed E-state index contributed by atoms with van der Waals surface area (Å²) >= 11 is 1.69. The van der Waals surface area contributed by atoms with Gasteiger partial charge in [0, 0.05) is 31.2 Å². The molecule has 0 saturated carbocycles. The summed E-state index contributed by atoms with van der Waals surface area (Å²) in [5, 5.41) is 9.80. The Morgan fingerprint density at radius 2 is 2.41 bits per heavy atom. The van der Waals surface area contributed by atoms with Gasteiger partial charge in [-0.25, -0.2) is 4.98 Å². The molecular weight excluding hydrogens is 234 g/mol. The van der Waals surface area contributed by atoms with Crippen LogP contribution >= 0.6 is 11.3 Å². The number of nitrogens with zero attached hydrogens (tertiary/aromatic N) is 5. The third-order valence-corrected chi connectivity index (χ3v) is 3.61. The molecule has 5 nitrogen and oxygen atoms in total. The zero-order valence-electron chi connectivity index (χ0n) is 10.1. The van der Waals surface area contributed by atoms with E-state index in [0.29, 0.717) is 0 Å². The lowest BCUT2D eigenvalue weighted by molar-refractivity contribution is 0.280. The summed E-state index contributed by atoms with van der Waals surface area (Å²) in [7, 11) is 1.97. The van der Waals surface area contributed by atoms with Crippen LogP contribution in [0.15, 0.2) is 11.2 Å². The molecule has 17 heavy (non-hydrogen) atoms. The maximum absolute atomic E-state index is 8.72. The number of aromatic nitrogens is 1. The van der Waals surface area contributed by atoms with Gasteiger partial charge in [-0.3, -0.25) is 0 Å². The lowest BCUT2D eigenvalue weighted by Crippen LogP contribution is -2.47. The van der Waals surface area contributed by atoms with E-state index < -0.39 is 0 Å². The van der Waals surface area contributed by atoms with Crippen molar-refractivity contribution < 1.29 is 0 Å². The van der Waals surface area contributed by atoms with E-state index in [1.807, 2.05) is 31.3 Å². The highest BCUT2D eigenvalue weighted by Crippen LogP contribution is 2.17. The molecule has 2 rings (SSSR count). The van der Waals surface area contributed by atoms with Crippen molar-refractivity contribution in [3.63, 3.8) is 0 Å². The summed E-state index contributed by atoms with van der Waals surface area (Å²) in [6.45, 7) is 4.69. The van der Waals surface area contributed by atoms with Gasteiger partial charge in [0.25, 0.3) is 0 Å². The molecule has 0 amide bonds. The predicted octanol–water partition coefficient (Wildman–Crippen LogP) is 1.43. The summed E-state index contributed by atoms with van der Waals surface area (Å²) in [6.07, 6.45) is 4.88.